The third kappa shape index (κ3) is 4.03. The summed E-state index contributed by atoms with van der Waals surface area (Å²) in [5, 5.41) is 8.35. The number of nitriles is 1. The molecule has 0 spiro atoms. The van der Waals surface area contributed by atoms with Gasteiger partial charge in [-0.1, -0.05) is 12.1 Å². The Labute approximate surface area is 101 Å². The maximum Gasteiger partial charge on any atom is 1.00 e. The van der Waals surface area contributed by atoms with Crippen molar-refractivity contribution in [2.45, 2.75) is 11.3 Å². The van der Waals surface area contributed by atoms with E-state index < -0.39 is 11.1 Å². The van der Waals surface area contributed by atoms with Gasteiger partial charge in [-0.25, -0.2) is 0 Å². The van der Waals surface area contributed by atoms with Crippen LogP contribution in [0.15, 0.2) is 29.2 Å². The molecule has 13 heavy (non-hydrogen) atoms. The fourth-order valence-electron chi connectivity index (χ4n) is 0.850. The van der Waals surface area contributed by atoms with Gasteiger partial charge in [-0.05, 0) is 28.8 Å². The topological polar surface area (TPSA) is 63.9 Å². The van der Waals surface area contributed by atoms with Crippen molar-refractivity contribution >= 4 is 11.1 Å². The van der Waals surface area contributed by atoms with E-state index in [1.807, 2.05) is 6.07 Å². The van der Waals surface area contributed by atoms with Gasteiger partial charge in [0.15, 0.2) is 0 Å². The molecule has 0 saturated carbocycles. The van der Waals surface area contributed by atoms with Crippen LogP contribution in [0, 0.1) is 11.3 Å². The summed E-state index contributed by atoms with van der Waals surface area (Å²) in [5.74, 6) is 0. The van der Waals surface area contributed by atoms with Crippen molar-refractivity contribution in [1.82, 2.24) is 0 Å². The summed E-state index contributed by atoms with van der Waals surface area (Å²) < 4.78 is 20.9. The molecule has 0 aliphatic carbocycles. The van der Waals surface area contributed by atoms with E-state index in [0.29, 0.717) is 0 Å². The van der Waals surface area contributed by atoms with Crippen molar-refractivity contribution in [3.05, 3.63) is 29.8 Å². The molecule has 0 aliphatic heterocycles. The first kappa shape index (κ1) is 12.8. The minimum Gasteiger partial charge on any atom is -0.768 e. The van der Waals surface area contributed by atoms with Crippen LogP contribution in [0.2, 0.25) is 0 Å². The fraction of sp³-hybridized carbons (Fsp3) is 0.125. The number of hydrogen-bond donors (Lipinski definition) is 0. The molecule has 1 aromatic rings. The predicted molar refractivity (Wildman–Crippen MR) is 42.9 cm³/mol. The summed E-state index contributed by atoms with van der Waals surface area (Å²) in [4.78, 5) is 0.225. The van der Waals surface area contributed by atoms with E-state index in [2.05, 4.69) is 0 Å². The number of nitrogens with zero attached hydrogens (tertiary/aromatic N) is 1. The van der Waals surface area contributed by atoms with E-state index in [-0.39, 0.29) is 40.9 Å². The Morgan fingerprint density at radius 2 is 2.23 bits per heavy atom. The van der Waals surface area contributed by atoms with Crippen LogP contribution in [0.25, 0.3) is 0 Å². The molecule has 5 heteroatoms. The average Bonchev–Trinajstić information content (AvgIpc) is 2.05. The van der Waals surface area contributed by atoms with Gasteiger partial charge in [0, 0.05) is 4.90 Å². The third-order valence-electron chi connectivity index (χ3n) is 1.37. The van der Waals surface area contributed by atoms with Crippen molar-refractivity contribution in [2.75, 3.05) is 0 Å². The molecule has 3 nitrogen and oxygen atoms in total. The Morgan fingerprint density at radius 3 is 2.77 bits per heavy atom. The van der Waals surface area contributed by atoms with Crippen LogP contribution in [0.3, 0.4) is 0 Å². The molecule has 0 heterocycles. The summed E-state index contributed by atoms with van der Waals surface area (Å²) in [6.07, 6.45) is 0.241. The Morgan fingerprint density at radius 1 is 1.54 bits per heavy atom. The first-order chi connectivity index (χ1) is 5.74. The van der Waals surface area contributed by atoms with E-state index in [1.165, 1.54) is 12.1 Å². The first-order valence-corrected chi connectivity index (χ1v) is 4.36. The van der Waals surface area contributed by atoms with Crippen LogP contribution in [0.4, 0.5) is 0 Å². The molecule has 0 bridgehead atoms. The second kappa shape index (κ2) is 6.30. The second-order valence-electron chi connectivity index (χ2n) is 2.22. The van der Waals surface area contributed by atoms with Crippen molar-refractivity contribution in [3.8, 4) is 6.07 Å². The zero-order valence-corrected chi connectivity index (χ0v) is 10.0. The molecule has 0 aromatic heterocycles. The van der Waals surface area contributed by atoms with Gasteiger partial charge in [-0.3, -0.25) is 4.21 Å². The van der Waals surface area contributed by atoms with Crippen LogP contribution < -0.4 is 29.6 Å². The first-order valence-electron chi connectivity index (χ1n) is 3.29. The molecule has 0 N–H and O–H groups in total. The summed E-state index contributed by atoms with van der Waals surface area (Å²) in [7, 11) is 0. The molecule has 1 aromatic carbocycles. The van der Waals surface area contributed by atoms with Gasteiger partial charge in [0.1, 0.15) is 0 Å². The third-order valence-corrected chi connectivity index (χ3v) is 2.01. The van der Waals surface area contributed by atoms with Crippen molar-refractivity contribution in [3.63, 3.8) is 0 Å². The van der Waals surface area contributed by atoms with Crippen molar-refractivity contribution < 1.29 is 38.3 Å². The van der Waals surface area contributed by atoms with Gasteiger partial charge in [0.2, 0.25) is 0 Å². The molecule has 1 unspecified atom stereocenters. The van der Waals surface area contributed by atoms with E-state index in [0.717, 1.165) is 5.56 Å². The molecule has 0 fully saturated rings. The largest absolute Gasteiger partial charge is 1.00 e. The van der Waals surface area contributed by atoms with Gasteiger partial charge >= 0.3 is 29.6 Å². The number of rotatable bonds is 2. The molecule has 1 rings (SSSR count). The second-order valence-corrected chi connectivity index (χ2v) is 3.16. The van der Waals surface area contributed by atoms with E-state index in [1.54, 1.807) is 12.1 Å². The average molecular weight is 203 g/mol. The standard InChI is InChI=1S/C8H7NO2S.Na/c9-5-4-7-2-1-3-8(6-7)12(10)11;/h1-3,6H,4H2,(H,10,11);/q;+1/p-1. The SMILES string of the molecule is N#CCc1cccc(S(=O)[O-])c1.[Na+]. The van der Waals surface area contributed by atoms with Crippen LogP contribution in [0.5, 0.6) is 0 Å². The summed E-state index contributed by atoms with van der Waals surface area (Å²) in [5.41, 5.74) is 0.721. The van der Waals surface area contributed by atoms with Crippen LogP contribution >= 0.6 is 0 Å². The monoisotopic (exact) mass is 203 g/mol. The molecule has 0 amide bonds. The minimum atomic E-state index is -2.20. The van der Waals surface area contributed by atoms with Gasteiger partial charge in [-0.2, -0.15) is 5.26 Å². The summed E-state index contributed by atoms with van der Waals surface area (Å²) in [6.45, 7) is 0. The molecule has 62 valence electrons. The maximum atomic E-state index is 10.5. The summed E-state index contributed by atoms with van der Waals surface area (Å²) in [6, 6.07) is 8.28. The Balaban J connectivity index is 0.00000144. The smallest absolute Gasteiger partial charge is 0.768 e. The van der Waals surface area contributed by atoms with Gasteiger partial charge in [0.25, 0.3) is 0 Å². The van der Waals surface area contributed by atoms with Crippen LogP contribution in [-0.2, 0) is 17.5 Å². The van der Waals surface area contributed by atoms with Crippen molar-refractivity contribution in [2.24, 2.45) is 0 Å². The Bertz CT molecular complexity index is 348. The molecule has 1 atom stereocenters. The normalized spacial score (nSPS) is 11.1. The Kier molecular flexibility index (Phi) is 6.21. The van der Waals surface area contributed by atoms with Gasteiger partial charge < -0.3 is 4.55 Å². The zero-order chi connectivity index (χ0) is 8.97. The molecule has 0 radical (unpaired) electrons. The number of benzene rings is 1. The maximum absolute atomic E-state index is 10.5. The summed E-state index contributed by atoms with van der Waals surface area (Å²) >= 11 is -2.20. The molecule has 0 aliphatic rings. The van der Waals surface area contributed by atoms with Gasteiger partial charge in [-0.15, -0.1) is 0 Å². The van der Waals surface area contributed by atoms with Crippen LogP contribution in [0.1, 0.15) is 5.56 Å². The zero-order valence-electron chi connectivity index (χ0n) is 7.19. The van der Waals surface area contributed by atoms with E-state index in [4.69, 9.17) is 5.26 Å². The molecular weight excluding hydrogens is 197 g/mol. The Hall–Kier alpha value is -0.180. The minimum absolute atomic E-state index is 0. The van der Waals surface area contributed by atoms with E-state index in [9.17, 15) is 8.76 Å². The fourth-order valence-corrected chi connectivity index (χ4v) is 1.29. The van der Waals surface area contributed by atoms with E-state index >= 15 is 0 Å². The van der Waals surface area contributed by atoms with Crippen LogP contribution in [-0.4, -0.2) is 8.76 Å². The number of hydrogen-bond acceptors (Lipinski definition) is 3. The van der Waals surface area contributed by atoms with Gasteiger partial charge in [0.05, 0.1) is 12.5 Å². The molecular formula is C8H6NNaO2S. The quantitative estimate of drug-likeness (QED) is 0.412. The predicted octanol–water partition coefficient (Wildman–Crippen LogP) is -2.01. The molecule has 0 saturated heterocycles. The van der Waals surface area contributed by atoms with Crippen molar-refractivity contribution in [1.29, 1.82) is 5.26 Å².